The molecule has 0 aromatic carbocycles. The SMILES string of the molecule is C[C@H](NC(=O)NCc1ccnc(N2CCOCC2)c1)c1nncn1C. The molecule has 1 saturated heterocycles. The second kappa shape index (κ2) is 7.93. The smallest absolute Gasteiger partial charge is 0.315 e. The van der Waals surface area contributed by atoms with E-state index in [2.05, 4.69) is 30.7 Å². The Morgan fingerprint density at radius 1 is 1.40 bits per heavy atom. The summed E-state index contributed by atoms with van der Waals surface area (Å²) in [7, 11) is 1.84. The molecule has 25 heavy (non-hydrogen) atoms. The number of hydrogen-bond donors (Lipinski definition) is 2. The van der Waals surface area contributed by atoms with Crippen molar-refractivity contribution in [2.24, 2.45) is 7.05 Å². The number of ether oxygens (including phenoxy) is 1. The zero-order valence-corrected chi connectivity index (χ0v) is 14.5. The van der Waals surface area contributed by atoms with Gasteiger partial charge in [-0.15, -0.1) is 10.2 Å². The lowest BCUT2D eigenvalue weighted by atomic mass is 10.2. The van der Waals surface area contributed by atoms with Crippen LogP contribution < -0.4 is 15.5 Å². The zero-order valence-electron chi connectivity index (χ0n) is 14.5. The predicted molar refractivity (Wildman–Crippen MR) is 92.1 cm³/mol. The number of carbonyl (C=O) groups excluding carboxylic acids is 1. The van der Waals surface area contributed by atoms with Gasteiger partial charge in [0, 0.05) is 32.9 Å². The van der Waals surface area contributed by atoms with E-state index in [-0.39, 0.29) is 12.1 Å². The number of rotatable bonds is 5. The van der Waals surface area contributed by atoms with Crippen molar-refractivity contribution in [2.75, 3.05) is 31.2 Å². The van der Waals surface area contributed by atoms with Gasteiger partial charge in [0.15, 0.2) is 5.82 Å². The largest absolute Gasteiger partial charge is 0.378 e. The highest BCUT2D eigenvalue weighted by Gasteiger charge is 2.15. The van der Waals surface area contributed by atoms with Crippen molar-refractivity contribution < 1.29 is 9.53 Å². The minimum Gasteiger partial charge on any atom is -0.378 e. The Labute approximate surface area is 146 Å². The van der Waals surface area contributed by atoms with Crippen LogP contribution in [0.2, 0.25) is 0 Å². The van der Waals surface area contributed by atoms with E-state index in [9.17, 15) is 4.79 Å². The maximum atomic E-state index is 12.1. The highest BCUT2D eigenvalue weighted by Crippen LogP contribution is 2.14. The molecule has 3 heterocycles. The Bertz CT molecular complexity index is 712. The fourth-order valence-corrected chi connectivity index (χ4v) is 2.71. The Hall–Kier alpha value is -2.68. The number of nitrogens with one attached hydrogen (secondary N) is 2. The second-order valence-electron chi connectivity index (χ2n) is 5.97. The van der Waals surface area contributed by atoms with Crippen LogP contribution in [0.1, 0.15) is 24.4 Å². The monoisotopic (exact) mass is 345 g/mol. The average molecular weight is 345 g/mol. The van der Waals surface area contributed by atoms with Gasteiger partial charge in [-0.05, 0) is 24.6 Å². The minimum atomic E-state index is -0.250. The van der Waals surface area contributed by atoms with Crippen molar-refractivity contribution in [1.82, 2.24) is 30.4 Å². The van der Waals surface area contributed by atoms with E-state index in [0.29, 0.717) is 25.6 Å². The maximum absolute atomic E-state index is 12.1. The number of urea groups is 1. The highest BCUT2D eigenvalue weighted by molar-refractivity contribution is 5.74. The molecule has 2 aromatic rings. The molecular weight excluding hydrogens is 322 g/mol. The average Bonchev–Trinajstić information content (AvgIpc) is 3.07. The number of aryl methyl sites for hydroxylation is 1. The molecule has 1 aliphatic heterocycles. The molecular formula is C16H23N7O2. The van der Waals surface area contributed by atoms with E-state index in [1.54, 1.807) is 17.1 Å². The van der Waals surface area contributed by atoms with Crippen LogP contribution in [0.5, 0.6) is 0 Å². The molecule has 1 aliphatic rings. The number of pyridine rings is 1. The fourth-order valence-electron chi connectivity index (χ4n) is 2.71. The van der Waals surface area contributed by atoms with Crippen LogP contribution in [-0.4, -0.2) is 52.1 Å². The molecule has 2 N–H and O–H groups in total. The molecule has 2 amide bonds. The van der Waals surface area contributed by atoms with Crippen molar-refractivity contribution in [3.8, 4) is 0 Å². The summed E-state index contributed by atoms with van der Waals surface area (Å²) < 4.78 is 7.14. The van der Waals surface area contributed by atoms with Gasteiger partial charge in [0.2, 0.25) is 0 Å². The van der Waals surface area contributed by atoms with Gasteiger partial charge in [0.1, 0.15) is 12.1 Å². The Morgan fingerprint density at radius 3 is 2.92 bits per heavy atom. The van der Waals surface area contributed by atoms with Gasteiger partial charge in [-0.3, -0.25) is 0 Å². The summed E-state index contributed by atoms with van der Waals surface area (Å²) in [5.74, 6) is 1.61. The van der Waals surface area contributed by atoms with Crippen molar-refractivity contribution in [3.05, 3.63) is 36.0 Å². The Morgan fingerprint density at radius 2 is 2.20 bits per heavy atom. The summed E-state index contributed by atoms with van der Waals surface area (Å²) in [6.45, 7) is 5.39. The van der Waals surface area contributed by atoms with Crippen LogP contribution in [0.3, 0.4) is 0 Å². The number of anilines is 1. The number of morpholine rings is 1. The number of nitrogens with zero attached hydrogens (tertiary/aromatic N) is 5. The lowest BCUT2D eigenvalue weighted by molar-refractivity contribution is 0.122. The van der Waals surface area contributed by atoms with Gasteiger partial charge in [-0.1, -0.05) is 0 Å². The van der Waals surface area contributed by atoms with Crippen LogP contribution in [0, 0.1) is 0 Å². The van der Waals surface area contributed by atoms with Gasteiger partial charge in [-0.25, -0.2) is 9.78 Å². The first-order valence-electron chi connectivity index (χ1n) is 8.29. The number of amides is 2. The first-order valence-corrected chi connectivity index (χ1v) is 8.29. The van der Waals surface area contributed by atoms with Crippen LogP contribution in [0.15, 0.2) is 24.7 Å². The summed E-state index contributed by atoms with van der Waals surface area (Å²) in [6, 6.07) is 3.42. The Balaban J connectivity index is 1.52. The van der Waals surface area contributed by atoms with Crippen molar-refractivity contribution >= 4 is 11.8 Å². The van der Waals surface area contributed by atoms with E-state index >= 15 is 0 Å². The quantitative estimate of drug-likeness (QED) is 0.824. The molecule has 1 fully saturated rings. The topological polar surface area (TPSA) is 97.2 Å². The number of hydrogen-bond acceptors (Lipinski definition) is 6. The third-order valence-corrected chi connectivity index (χ3v) is 4.08. The molecule has 0 unspecified atom stereocenters. The van der Waals surface area contributed by atoms with Crippen molar-refractivity contribution in [3.63, 3.8) is 0 Å². The first kappa shape index (κ1) is 17.2. The molecule has 0 saturated carbocycles. The van der Waals surface area contributed by atoms with E-state index < -0.39 is 0 Å². The van der Waals surface area contributed by atoms with E-state index in [4.69, 9.17) is 4.74 Å². The van der Waals surface area contributed by atoms with Gasteiger partial charge < -0.3 is 24.8 Å². The number of carbonyl (C=O) groups is 1. The number of aromatic nitrogens is 4. The summed E-state index contributed by atoms with van der Waals surface area (Å²) in [4.78, 5) is 18.7. The fraction of sp³-hybridized carbons (Fsp3) is 0.500. The van der Waals surface area contributed by atoms with E-state index in [1.165, 1.54) is 0 Å². The maximum Gasteiger partial charge on any atom is 0.315 e. The standard InChI is InChI=1S/C16H23N7O2/c1-12(15-21-19-11-22(15)2)20-16(24)18-10-13-3-4-17-14(9-13)23-5-7-25-8-6-23/h3-4,9,11-12H,5-8,10H2,1-2H3,(H2,18,20,24)/t12-/m0/s1. The molecule has 0 radical (unpaired) electrons. The molecule has 1 atom stereocenters. The van der Waals surface area contributed by atoms with Gasteiger partial charge in [-0.2, -0.15) is 0 Å². The molecule has 9 heteroatoms. The summed E-state index contributed by atoms with van der Waals surface area (Å²) in [5, 5.41) is 13.5. The van der Waals surface area contributed by atoms with Crippen molar-refractivity contribution in [2.45, 2.75) is 19.5 Å². The van der Waals surface area contributed by atoms with Crippen molar-refractivity contribution in [1.29, 1.82) is 0 Å². The molecule has 0 bridgehead atoms. The molecule has 9 nitrogen and oxygen atoms in total. The molecule has 134 valence electrons. The minimum absolute atomic E-state index is 0.228. The second-order valence-corrected chi connectivity index (χ2v) is 5.97. The molecule has 0 aliphatic carbocycles. The third-order valence-electron chi connectivity index (χ3n) is 4.08. The lowest BCUT2D eigenvalue weighted by Gasteiger charge is -2.28. The predicted octanol–water partition coefficient (Wildman–Crippen LogP) is 0.607. The Kier molecular flexibility index (Phi) is 5.44. The molecule has 2 aromatic heterocycles. The zero-order chi connectivity index (χ0) is 17.6. The first-order chi connectivity index (χ1) is 12.1. The van der Waals surface area contributed by atoms with Crippen LogP contribution in [0.25, 0.3) is 0 Å². The van der Waals surface area contributed by atoms with Crippen LogP contribution in [-0.2, 0) is 18.3 Å². The van der Waals surface area contributed by atoms with Gasteiger partial charge >= 0.3 is 6.03 Å². The summed E-state index contributed by atoms with van der Waals surface area (Å²) in [5.41, 5.74) is 0.998. The highest BCUT2D eigenvalue weighted by atomic mass is 16.5. The van der Waals surface area contributed by atoms with E-state index in [0.717, 1.165) is 24.5 Å². The lowest BCUT2D eigenvalue weighted by Crippen LogP contribution is -2.38. The van der Waals surface area contributed by atoms with E-state index in [1.807, 2.05) is 26.1 Å². The molecule has 3 rings (SSSR count). The van der Waals surface area contributed by atoms with Crippen LogP contribution in [0.4, 0.5) is 10.6 Å². The van der Waals surface area contributed by atoms with Gasteiger partial charge in [0.05, 0.1) is 19.3 Å². The molecule has 0 spiro atoms. The normalized spacial score (nSPS) is 15.7. The third kappa shape index (κ3) is 4.44. The van der Waals surface area contributed by atoms with Crippen LogP contribution >= 0.6 is 0 Å². The van der Waals surface area contributed by atoms with Gasteiger partial charge in [0.25, 0.3) is 0 Å². The summed E-state index contributed by atoms with van der Waals surface area (Å²) in [6.07, 6.45) is 3.37. The summed E-state index contributed by atoms with van der Waals surface area (Å²) >= 11 is 0.